The van der Waals surface area contributed by atoms with Crippen molar-refractivity contribution in [3.8, 4) is 16.9 Å². The third-order valence-electron chi connectivity index (χ3n) is 5.80. The Kier molecular flexibility index (Phi) is 4.15. The molecule has 2 aromatic rings. The zero-order valence-electron chi connectivity index (χ0n) is 16.5. The Morgan fingerprint density at radius 3 is 2.55 bits per heavy atom. The molecule has 148 valence electrons. The number of halogens is 1. The fraction of sp³-hybridized carbons (Fsp3) is 0.304. The third-order valence-corrected chi connectivity index (χ3v) is 5.80. The smallest absolute Gasteiger partial charge is 0.282 e. The first-order chi connectivity index (χ1) is 14.0. The van der Waals surface area contributed by atoms with Gasteiger partial charge in [-0.1, -0.05) is 32.0 Å². The Bertz CT molecular complexity index is 1200. The molecule has 1 fully saturated rings. The van der Waals surface area contributed by atoms with Crippen LogP contribution in [-0.2, 0) is 0 Å². The number of anilines is 1. The number of piperidine rings is 1. The minimum Gasteiger partial charge on any atom is -0.369 e. The van der Waals surface area contributed by atoms with Gasteiger partial charge in [0.15, 0.2) is 0 Å². The summed E-state index contributed by atoms with van der Waals surface area (Å²) in [7, 11) is 0. The van der Waals surface area contributed by atoms with Crippen molar-refractivity contribution in [2.45, 2.75) is 20.3 Å². The van der Waals surface area contributed by atoms with Crippen molar-refractivity contribution in [3.63, 3.8) is 0 Å². The number of aromatic nitrogens is 3. The Hall–Kier alpha value is -3.15. The van der Waals surface area contributed by atoms with Crippen LogP contribution in [-0.4, -0.2) is 27.9 Å². The molecule has 2 atom stereocenters. The van der Waals surface area contributed by atoms with Gasteiger partial charge in [0, 0.05) is 30.2 Å². The van der Waals surface area contributed by atoms with Crippen LogP contribution < -0.4 is 10.5 Å². The summed E-state index contributed by atoms with van der Waals surface area (Å²) >= 11 is 0. The van der Waals surface area contributed by atoms with Crippen molar-refractivity contribution in [3.05, 3.63) is 64.8 Å². The Morgan fingerprint density at radius 2 is 1.83 bits per heavy atom. The van der Waals surface area contributed by atoms with Crippen LogP contribution in [0.3, 0.4) is 0 Å². The summed E-state index contributed by atoms with van der Waals surface area (Å²) in [6, 6.07) is 12.6. The summed E-state index contributed by atoms with van der Waals surface area (Å²) < 4.78 is 16.5. The fourth-order valence-electron chi connectivity index (χ4n) is 4.62. The molecule has 0 radical (unpaired) electrons. The average Bonchev–Trinajstić information content (AvgIpc) is 3.04. The molecule has 5 nitrogen and oxygen atoms in total. The summed E-state index contributed by atoms with van der Waals surface area (Å²) in [5.74, 6) is 0.788. The van der Waals surface area contributed by atoms with Crippen molar-refractivity contribution in [2.75, 3.05) is 18.0 Å². The van der Waals surface area contributed by atoms with Gasteiger partial charge in [0.25, 0.3) is 5.56 Å². The number of hydrogen-bond acceptors (Lipinski definition) is 3. The maximum absolute atomic E-state index is 15.1. The van der Waals surface area contributed by atoms with E-state index in [1.54, 1.807) is 6.20 Å². The van der Waals surface area contributed by atoms with Crippen molar-refractivity contribution in [2.24, 2.45) is 11.8 Å². The predicted molar refractivity (Wildman–Crippen MR) is 113 cm³/mol. The van der Waals surface area contributed by atoms with E-state index in [0.717, 1.165) is 18.6 Å². The molecule has 0 spiro atoms. The van der Waals surface area contributed by atoms with Crippen LogP contribution in [0.1, 0.15) is 20.3 Å². The van der Waals surface area contributed by atoms with Crippen molar-refractivity contribution < 1.29 is 4.39 Å². The largest absolute Gasteiger partial charge is 0.369 e. The number of rotatable bonds is 2. The monoisotopic (exact) mass is 390 g/mol. The SMILES string of the molecule is CC1CC(C)CN(c2cc3[nH]cc4c(=O)n(-c5ccccc5)nc-4c3cc2F)C1. The van der Waals surface area contributed by atoms with Crippen LogP contribution in [0.4, 0.5) is 10.1 Å². The quantitative estimate of drug-likeness (QED) is 0.551. The van der Waals surface area contributed by atoms with E-state index >= 15 is 4.39 Å². The normalized spacial score (nSPS) is 19.9. The number of benzene rings is 2. The summed E-state index contributed by atoms with van der Waals surface area (Å²) in [6.45, 7) is 6.12. The summed E-state index contributed by atoms with van der Waals surface area (Å²) in [4.78, 5) is 18.1. The maximum atomic E-state index is 15.1. The first kappa shape index (κ1) is 17.9. The number of hydrogen-bond donors (Lipinski definition) is 1. The predicted octanol–water partition coefficient (Wildman–Crippen LogP) is 4.44. The molecule has 2 aromatic carbocycles. The summed E-state index contributed by atoms with van der Waals surface area (Å²) in [5.41, 5.74) is 2.82. The van der Waals surface area contributed by atoms with E-state index in [4.69, 9.17) is 0 Å². The highest BCUT2D eigenvalue weighted by atomic mass is 19.1. The lowest BCUT2D eigenvalue weighted by atomic mass is 9.91. The van der Waals surface area contributed by atoms with Gasteiger partial charge in [-0.25, -0.2) is 4.39 Å². The van der Waals surface area contributed by atoms with Crippen LogP contribution in [0.5, 0.6) is 0 Å². The fourth-order valence-corrected chi connectivity index (χ4v) is 4.62. The van der Waals surface area contributed by atoms with E-state index in [9.17, 15) is 4.79 Å². The standard InChI is InChI=1S/C23H23FN4O/c1-14-8-15(2)13-27(12-14)21-10-20-17(9-19(21)24)22-18(11-25-20)23(29)28(26-22)16-6-4-3-5-7-16/h3-7,9-11,14-15,25H,8,12-13H2,1-2H3. The highest BCUT2D eigenvalue weighted by Crippen LogP contribution is 2.34. The second-order valence-corrected chi connectivity index (χ2v) is 8.30. The zero-order valence-corrected chi connectivity index (χ0v) is 16.5. The molecule has 6 heteroatoms. The van der Waals surface area contributed by atoms with Crippen molar-refractivity contribution in [1.82, 2.24) is 14.8 Å². The van der Waals surface area contributed by atoms with E-state index < -0.39 is 0 Å². The molecule has 1 saturated heterocycles. The molecule has 29 heavy (non-hydrogen) atoms. The number of fused-ring (bicyclic) bond motifs is 3. The maximum Gasteiger partial charge on any atom is 0.282 e. The van der Waals surface area contributed by atoms with Gasteiger partial charge in [-0.3, -0.25) is 4.79 Å². The molecular weight excluding hydrogens is 367 g/mol. The second-order valence-electron chi connectivity index (χ2n) is 8.30. The number of H-pyrrole nitrogens is 1. The lowest BCUT2D eigenvalue weighted by Crippen LogP contribution is -2.39. The van der Waals surface area contributed by atoms with Crippen molar-refractivity contribution in [1.29, 1.82) is 0 Å². The number of nitrogens with zero attached hydrogens (tertiary/aromatic N) is 3. The lowest BCUT2D eigenvalue weighted by Gasteiger charge is -2.36. The van der Waals surface area contributed by atoms with Crippen LogP contribution in [0.15, 0.2) is 53.5 Å². The first-order valence-electron chi connectivity index (χ1n) is 10.1. The topological polar surface area (TPSA) is 53.9 Å². The van der Waals surface area contributed by atoms with Gasteiger partial charge >= 0.3 is 0 Å². The zero-order chi connectivity index (χ0) is 20.1. The van der Waals surface area contributed by atoms with Gasteiger partial charge < -0.3 is 9.88 Å². The average molecular weight is 390 g/mol. The van der Waals surface area contributed by atoms with Crippen LogP contribution in [0, 0.1) is 17.7 Å². The van der Waals surface area contributed by atoms with Gasteiger partial charge in [0.2, 0.25) is 0 Å². The van der Waals surface area contributed by atoms with Gasteiger partial charge in [0.1, 0.15) is 11.5 Å². The summed E-state index contributed by atoms with van der Waals surface area (Å²) in [5, 5.41) is 5.14. The molecular formula is C23H23FN4O. The minimum absolute atomic E-state index is 0.215. The molecule has 0 aromatic heterocycles. The third kappa shape index (κ3) is 2.99. The Morgan fingerprint density at radius 1 is 1.10 bits per heavy atom. The molecule has 0 amide bonds. The molecule has 1 N–H and O–H groups in total. The first-order valence-corrected chi connectivity index (χ1v) is 10.1. The van der Waals surface area contributed by atoms with Crippen LogP contribution in [0.25, 0.3) is 27.8 Å². The second kappa shape index (κ2) is 6.72. The highest BCUT2D eigenvalue weighted by molar-refractivity contribution is 5.95. The van der Waals surface area contributed by atoms with Gasteiger partial charge in [-0.15, -0.1) is 0 Å². The van der Waals surface area contributed by atoms with Gasteiger partial charge in [-0.05, 0) is 42.5 Å². The van der Waals surface area contributed by atoms with Gasteiger partial charge in [0.05, 0.1) is 16.9 Å². The van der Waals surface area contributed by atoms with E-state index in [1.165, 1.54) is 17.2 Å². The van der Waals surface area contributed by atoms with E-state index in [2.05, 4.69) is 28.8 Å². The lowest BCUT2D eigenvalue weighted by molar-refractivity contribution is 0.354. The molecule has 3 aliphatic heterocycles. The number of pyridine rings is 1. The van der Waals surface area contributed by atoms with Crippen LogP contribution >= 0.6 is 0 Å². The van der Waals surface area contributed by atoms with Crippen molar-refractivity contribution >= 4 is 16.6 Å². The van der Waals surface area contributed by atoms with Gasteiger partial charge in [-0.2, -0.15) is 9.78 Å². The molecule has 2 unspecified atom stereocenters. The highest BCUT2D eigenvalue weighted by Gasteiger charge is 2.26. The number of aromatic amines is 1. The molecule has 0 saturated carbocycles. The molecule has 3 heterocycles. The Labute approximate surface area is 168 Å². The minimum atomic E-state index is -0.276. The summed E-state index contributed by atoms with van der Waals surface area (Å²) in [6.07, 6.45) is 2.84. The molecule has 0 bridgehead atoms. The Balaban J connectivity index is 1.66. The van der Waals surface area contributed by atoms with E-state index in [0.29, 0.717) is 39.9 Å². The number of nitrogens with one attached hydrogen (secondary N) is 1. The molecule has 5 rings (SSSR count). The van der Waals surface area contributed by atoms with E-state index in [1.807, 2.05) is 36.4 Å². The van der Waals surface area contributed by atoms with Crippen LogP contribution in [0.2, 0.25) is 0 Å². The molecule has 0 aliphatic carbocycles. The molecule has 3 aliphatic rings. The van der Waals surface area contributed by atoms with E-state index in [-0.39, 0.29) is 11.4 Å². The number of para-hydroxylation sites is 1.